The number of ether oxygens (including phenoxy) is 1. The zero-order chi connectivity index (χ0) is 19.6. The molecule has 0 atom stereocenters. The number of nitrogens with zero attached hydrogens (tertiary/aromatic N) is 4. The third kappa shape index (κ3) is 3.58. The fourth-order valence-corrected chi connectivity index (χ4v) is 4.08. The van der Waals surface area contributed by atoms with E-state index in [0.717, 1.165) is 42.4 Å². The zero-order valence-electron chi connectivity index (χ0n) is 15.6. The summed E-state index contributed by atoms with van der Waals surface area (Å²) in [5.41, 5.74) is 2.19. The maximum Gasteiger partial charge on any atom is 0.342 e. The van der Waals surface area contributed by atoms with E-state index in [1.165, 1.54) is 0 Å². The average molecular weight is 406 g/mol. The highest BCUT2D eigenvalue weighted by molar-refractivity contribution is 7.08. The second-order valence-corrected chi connectivity index (χ2v) is 7.63. The lowest BCUT2D eigenvalue weighted by atomic mass is 10.1. The van der Waals surface area contributed by atoms with E-state index in [2.05, 4.69) is 15.0 Å². The van der Waals surface area contributed by atoms with Gasteiger partial charge in [0.05, 0.1) is 11.1 Å². The first-order chi connectivity index (χ1) is 14.3. The van der Waals surface area contributed by atoms with Crippen LogP contribution in [0.1, 0.15) is 29.0 Å². The van der Waals surface area contributed by atoms with Crippen molar-refractivity contribution in [3.05, 3.63) is 58.5 Å². The summed E-state index contributed by atoms with van der Waals surface area (Å²) in [5.74, 6) is 0.990. The molecule has 0 radical (unpaired) electrons. The van der Waals surface area contributed by atoms with E-state index >= 15 is 0 Å². The Morgan fingerprint density at radius 1 is 1.17 bits per heavy atom. The van der Waals surface area contributed by atoms with Gasteiger partial charge in [0, 0.05) is 23.9 Å². The summed E-state index contributed by atoms with van der Waals surface area (Å²) in [6.07, 6.45) is 2.19. The Bertz CT molecular complexity index is 1150. The number of thiophene rings is 1. The summed E-state index contributed by atoms with van der Waals surface area (Å²) in [6.45, 7) is 1.72. The van der Waals surface area contributed by atoms with Crippen molar-refractivity contribution >= 4 is 34.0 Å². The normalized spacial score (nSPS) is 13.9. The second-order valence-electron chi connectivity index (χ2n) is 6.85. The van der Waals surface area contributed by atoms with Gasteiger partial charge < -0.3 is 14.2 Å². The Balaban J connectivity index is 1.39. The summed E-state index contributed by atoms with van der Waals surface area (Å²) in [7, 11) is 0. The maximum atomic E-state index is 12.9. The summed E-state index contributed by atoms with van der Waals surface area (Å²) >= 11 is 1.55. The molecule has 1 aliphatic rings. The van der Waals surface area contributed by atoms with Crippen LogP contribution in [0.25, 0.3) is 22.4 Å². The Morgan fingerprint density at radius 3 is 2.86 bits per heavy atom. The van der Waals surface area contributed by atoms with E-state index in [9.17, 15) is 4.79 Å². The average Bonchev–Trinajstić information content (AvgIpc) is 3.53. The van der Waals surface area contributed by atoms with Gasteiger partial charge in [-0.25, -0.2) is 9.78 Å². The van der Waals surface area contributed by atoms with Crippen LogP contribution < -0.4 is 4.90 Å². The molecule has 4 heterocycles. The monoisotopic (exact) mass is 406 g/mol. The summed E-state index contributed by atoms with van der Waals surface area (Å²) in [6, 6.07) is 11.5. The van der Waals surface area contributed by atoms with Crippen molar-refractivity contribution in [1.82, 2.24) is 15.1 Å². The molecule has 0 aliphatic carbocycles. The highest BCUT2D eigenvalue weighted by atomic mass is 32.1. The quantitative estimate of drug-likeness (QED) is 0.457. The predicted molar refractivity (Wildman–Crippen MR) is 110 cm³/mol. The van der Waals surface area contributed by atoms with Crippen molar-refractivity contribution in [3.63, 3.8) is 0 Å². The van der Waals surface area contributed by atoms with Crippen molar-refractivity contribution in [2.75, 3.05) is 18.0 Å². The lowest BCUT2D eigenvalue weighted by Crippen LogP contribution is -2.23. The zero-order valence-corrected chi connectivity index (χ0v) is 16.4. The van der Waals surface area contributed by atoms with Gasteiger partial charge >= 0.3 is 5.97 Å². The van der Waals surface area contributed by atoms with Crippen LogP contribution in [0.4, 0.5) is 5.82 Å². The third-order valence-corrected chi connectivity index (χ3v) is 5.58. The summed E-state index contributed by atoms with van der Waals surface area (Å²) in [4.78, 5) is 24.1. The van der Waals surface area contributed by atoms with Crippen LogP contribution in [0.2, 0.25) is 0 Å². The molecule has 1 fully saturated rings. The fourth-order valence-electron chi connectivity index (χ4n) is 3.45. The molecule has 8 heteroatoms. The molecule has 0 amide bonds. The van der Waals surface area contributed by atoms with E-state index in [1.807, 2.05) is 47.2 Å². The molecule has 0 bridgehead atoms. The highest BCUT2D eigenvalue weighted by Gasteiger charge is 2.23. The van der Waals surface area contributed by atoms with Crippen molar-refractivity contribution in [3.8, 4) is 11.5 Å². The molecule has 7 nitrogen and oxygen atoms in total. The van der Waals surface area contributed by atoms with Gasteiger partial charge in [0.15, 0.2) is 6.61 Å². The van der Waals surface area contributed by atoms with E-state index < -0.39 is 5.97 Å². The van der Waals surface area contributed by atoms with Crippen LogP contribution in [0, 0.1) is 0 Å². The molecule has 146 valence electrons. The number of carbonyl (C=O) groups excluding carboxylic acids is 1. The van der Waals surface area contributed by atoms with E-state index in [4.69, 9.17) is 14.2 Å². The molecule has 5 rings (SSSR count). The van der Waals surface area contributed by atoms with Crippen LogP contribution in [0.5, 0.6) is 0 Å². The number of hydrogen-bond acceptors (Lipinski definition) is 8. The molecule has 1 aromatic carbocycles. The molecule has 0 spiro atoms. The van der Waals surface area contributed by atoms with Gasteiger partial charge in [-0.1, -0.05) is 23.4 Å². The molecule has 1 aliphatic heterocycles. The maximum absolute atomic E-state index is 12.9. The van der Waals surface area contributed by atoms with Gasteiger partial charge in [-0.2, -0.15) is 16.3 Å². The van der Waals surface area contributed by atoms with Gasteiger partial charge in [-0.05, 0) is 36.4 Å². The predicted octanol–water partition coefficient (Wildman–Crippen LogP) is 4.30. The number of carbonyl (C=O) groups is 1. The number of para-hydroxylation sites is 1. The van der Waals surface area contributed by atoms with Crippen molar-refractivity contribution < 1.29 is 14.1 Å². The molecular weight excluding hydrogens is 388 g/mol. The van der Waals surface area contributed by atoms with Crippen LogP contribution in [-0.2, 0) is 11.3 Å². The number of fused-ring (bicyclic) bond motifs is 1. The first kappa shape index (κ1) is 17.8. The van der Waals surface area contributed by atoms with Crippen LogP contribution in [-0.4, -0.2) is 34.2 Å². The lowest BCUT2D eigenvalue weighted by Gasteiger charge is -2.20. The molecule has 1 saturated heterocycles. The number of aromatic nitrogens is 3. The molecule has 4 aromatic rings. The Labute approximate surface area is 170 Å². The van der Waals surface area contributed by atoms with Crippen LogP contribution >= 0.6 is 11.3 Å². The topological polar surface area (TPSA) is 81.3 Å². The number of anilines is 1. The molecular formula is C21H18N4O3S. The largest absolute Gasteiger partial charge is 0.454 e. The highest BCUT2D eigenvalue weighted by Crippen LogP contribution is 2.27. The smallest absolute Gasteiger partial charge is 0.342 e. The van der Waals surface area contributed by atoms with Crippen molar-refractivity contribution in [2.24, 2.45) is 0 Å². The number of pyridine rings is 1. The minimum Gasteiger partial charge on any atom is -0.454 e. The minimum absolute atomic E-state index is 0.0568. The van der Waals surface area contributed by atoms with E-state index in [-0.39, 0.29) is 6.61 Å². The molecule has 29 heavy (non-hydrogen) atoms. The van der Waals surface area contributed by atoms with Crippen molar-refractivity contribution in [1.29, 1.82) is 0 Å². The minimum atomic E-state index is -0.438. The number of rotatable bonds is 5. The van der Waals surface area contributed by atoms with Crippen molar-refractivity contribution in [2.45, 2.75) is 19.4 Å². The molecule has 0 N–H and O–H groups in total. The standard InChI is InChI=1S/C21H18N4O3S/c26-21(27-12-18-23-20(28-24-18)15-7-10-29-13-15)16-11-14-5-1-2-6-17(14)22-19(16)25-8-3-4-9-25/h1-2,5-7,10-11,13H,3-4,8-9,12H2. The fraction of sp³-hybridized carbons (Fsp3) is 0.238. The summed E-state index contributed by atoms with van der Waals surface area (Å²) < 4.78 is 10.7. The van der Waals surface area contributed by atoms with Gasteiger partial charge in [0.1, 0.15) is 11.4 Å². The third-order valence-electron chi connectivity index (χ3n) is 4.90. The van der Waals surface area contributed by atoms with Gasteiger partial charge in [-0.3, -0.25) is 0 Å². The number of esters is 1. The summed E-state index contributed by atoms with van der Waals surface area (Å²) in [5, 5.41) is 8.67. The van der Waals surface area contributed by atoms with Gasteiger partial charge in [-0.15, -0.1) is 0 Å². The Morgan fingerprint density at radius 2 is 2.03 bits per heavy atom. The van der Waals surface area contributed by atoms with Gasteiger partial charge in [0.2, 0.25) is 5.82 Å². The number of benzene rings is 1. The molecule has 0 saturated carbocycles. The second kappa shape index (κ2) is 7.63. The van der Waals surface area contributed by atoms with E-state index in [0.29, 0.717) is 23.1 Å². The lowest BCUT2D eigenvalue weighted by molar-refractivity contribution is 0.0460. The van der Waals surface area contributed by atoms with E-state index in [1.54, 1.807) is 11.3 Å². The SMILES string of the molecule is O=C(OCc1noc(-c2ccsc2)n1)c1cc2ccccc2nc1N1CCCC1. The first-order valence-corrected chi connectivity index (χ1v) is 10.4. The number of hydrogen-bond donors (Lipinski definition) is 0. The van der Waals surface area contributed by atoms with Gasteiger partial charge in [0.25, 0.3) is 5.89 Å². The first-order valence-electron chi connectivity index (χ1n) is 9.45. The Hall–Kier alpha value is -3.26. The van der Waals surface area contributed by atoms with Crippen LogP contribution in [0.15, 0.2) is 51.7 Å². The molecule has 3 aromatic heterocycles. The van der Waals surface area contributed by atoms with Crippen LogP contribution in [0.3, 0.4) is 0 Å². The Kier molecular flexibility index (Phi) is 4.69. The molecule has 0 unspecified atom stereocenters.